The zero-order chi connectivity index (χ0) is 18.9. The molecule has 6 heteroatoms. The number of nitrogens with zero attached hydrogens (tertiary/aromatic N) is 1. The number of aromatic nitrogens is 1. The highest BCUT2D eigenvalue weighted by Gasteiger charge is 2.06. The molecule has 0 saturated heterocycles. The highest BCUT2D eigenvalue weighted by molar-refractivity contribution is 6.31. The molecule has 27 heavy (non-hydrogen) atoms. The van der Waals surface area contributed by atoms with Gasteiger partial charge in [-0.1, -0.05) is 41.9 Å². The van der Waals surface area contributed by atoms with Crippen LogP contribution in [-0.4, -0.2) is 18.1 Å². The molecule has 1 N–H and O–H groups in total. The summed E-state index contributed by atoms with van der Waals surface area (Å²) in [6, 6.07) is 17.6. The Morgan fingerprint density at radius 1 is 0.963 bits per heavy atom. The lowest BCUT2D eigenvalue weighted by molar-refractivity contribution is 0.295. The van der Waals surface area contributed by atoms with Crippen LogP contribution in [-0.2, 0) is 13.2 Å². The normalized spacial score (nSPS) is 10.6. The quantitative estimate of drug-likeness (QED) is 0.545. The summed E-state index contributed by atoms with van der Waals surface area (Å²) in [5.41, 5.74) is 1.76. The summed E-state index contributed by atoms with van der Waals surface area (Å²) in [4.78, 5) is 4.11. The molecule has 0 unspecified atom stereocenters. The van der Waals surface area contributed by atoms with E-state index in [9.17, 15) is 4.39 Å². The fraction of sp³-hybridized carbons (Fsp3) is 0.190. The summed E-state index contributed by atoms with van der Waals surface area (Å²) in [6.45, 7) is 2.11. The topological polar surface area (TPSA) is 43.4 Å². The monoisotopic (exact) mass is 386 g/mol. The molecule has 0 radical (unpaired) electrons. The Morgan fingerprint density at radius 2 is 1.81 bits per heavy atom. The van der Waals surface area contributed by atoms with Crippen molar-refractivity contribution in [3.8, 4) is 11.6 Å². The first kappa shape index (κ1) is 19.1. The van der Waals surface area contributed by atoms with Gasteiger partial charge in [0.1, 0.15) is 24.8 Å². The Kier molecular flexibility index (Phi) is 7.02. The molecule has 140 valence electrons. The first-order chi connectivity index (χ1) is 13.2. The lowest BCUT2D eigenvalue weighted by Gasteiger charge is -2.13. The number of rotatable bonds is 9. The van der Waals surface area contributed by atoms with Crippen molar-refractivity contribution >= 4 is 11.6 Å². The maximum absolute atomic E-state index is 13.1. The molecular formula is C21H20ClFN2O2. The van der Waals surface area contributed by atoms with Crippen molar-refractivity contribution in [1.29, 1.82) is 0 Å². The highest BCUT2D eigenvalue weighted by atomic mass is 35.5. The van der Waals surface area contributed by atoms with E-state index in [1.54, 1.807) is 12.3 Å². The summed E-state index contributed by atoms with van der Waals surface area (Å²) in [5.74, 6) is 1.01. The van der Waals surface area contributed by atoms with E-state index in [1.165, 1.54) is 12.1 Å². The van der Waals surface area contributed by atoms with Crippen LogP contribution >= 0.6 is 11.6 Å². The number of nitrogens with one attached hydrogen (secondary N) is 1. The fourth-order valence-corrected chi connectivity index (χ4v) is 2.69. The van der Waals surface area contributed by atoms with Crippen LogP contribution in [0.2, 0.25) is 5.02 Å². The first-order valence-corrected chi connectivity index (χ1v) is 8.99. The van der Waals surface area contributed by atoms with Crippen molar-refractivity contribution < 1.29 is 13.9 Å². The summed E-state index contributed by atoms with van der Waals surface area (Å²) in [5, 5.41) is 3.68. The molecule has 0 atom stereocenters. The molecule has 0 fully saturated rings. The van der Waals surface area contributed by atoms with Gasteiger partial charge in [0.15, 0.2) is 0 Å². The molecule has 3 aromatic rings. The van der Waals surface area contributed by atoms with Crippen LogP contribution in [0.25, 0.3) is 0 Å². The maximum atomic E-state index is 13.1. The molecular weight excluding hydrogens is 367 g/mol. The van der Waals surface area contributed by atoms with Crippen LogP contribution < -0.4 is 14.8 Å². The minimum Gasteiger partial charge on any atom is -0.489 e. The van der Waals surface area contributed by atoms with Gasteiger partial charge in [-0.3, -0.25) is 0 Å². The van der Waals surface area contributed by atoms with E-state index in [4.69, 9.17) is 21.1 Å². The summed E-state index contributed by atoms with van der Waals surface area (Å²) < 4.78 is 24.6. The van der Waals surface area contributed by atoms with E-state index < -0.39 is 0 Å². The van der Waals surface area contributed by atoms with Crippen molar-refractivity contribution in [2.24, 2.45) is 0 Å². The van der Waals surface area contributed by atoms with E-state index in [2.05, 4.69) is 10.3 Å². The first-order valence-electron chi connectivity index (χ1n) is 8.61. The van der Waals surface area contributed by atoms with Crippen LogP contribution in [0.4, 0.5) is 4.39 Å². The fourth-order valence-electron chi connectivity index (χ4n) is 2.47. The van der Waals surface area contributed by atoms with E-state index in [0.29, 0.717) is 30.6 Å². The van der Waals surface area contributed by atoms with Crippen molar-refractivity contribution in [1.82, 2.24) is 10.3 Å². The lowest BCUT2D eigenvalue weighted by Crippen LogP contribution is -2.21. The average Bonchev–Trinajstić information content (AvgIpc) is 2.69. The third kappa shape index (κ3) is 5.94. The van der Waals surface area contributed by atoms with Gasteiger partial charge in [-0.05, 0) is 24.3 Å². The van der Waals surface area contributed by atoms with Crippen molar-refractivity contribution in [2.75, 3.05) is 13.2 Å². The predicted molar refractivity (Wildman–Crippen MR) is 104 cm³/mol. The molecule has 1 aromatic heterocycles. The van der Waals surface area contributed by atoms with E-state index >= 15 is 0 Å². The molecule has 0 aliphatic heterocycles. The van der Waals surface area contributed by atoms with Gasteiger partial charge in [0, 0.05) is 36.5 Å². The molecule has 0 aliphatic rings. The second-order valence-corrected chi connectivity index (χ2v) is 6.23. The van der Waals surface area contributed by atoms with Crippen LogP contribution in [0.3, 0.4) is 0 Å². The second-order valence-electron chi connectivity index (χ2n) is 5.83. The van der Waals surface area contributed by atoms with Crippen LogP contribution in [0.5, 0.6) is 11.6 Å². The molecule has 0 spiro atoms. The number of hydrogen-bond donors (Lipinski definition) is 1. The number of benzene rings is 2. The zero-order valence-electron chi connectivity index (χ0n) is 14.7. The van der Waals surface area contributed by atoms with Crippen molar-refractivity contribution in [2.45, 2.75) is 13.2 Å². The van der Waals surface area contributed by atoms with Gasteiger partial charge in [-0.25, -0.2) is 9.37 Å². The number of pyridine rings is 1. The summed E-state index contributed by atoms with van der Waals surface area (Å²) in [6.07, 6.45) is 1.70. The summed E-state index contributed by atoms with van der Waals surface area (Å²) in [7, 11) is 0. The molecule has 3 rings (SSSR count). The van der Waals surface area contributed by atoms with Crippen LogP contribution in [0.15, 0.2) is 66.9 Å². The van der Waals surface area contributed by atoms with Gasteiger partial charge < -0.3 is 14.8 Å². The number of para-hydroxylation sites is 1. The second kappa shape index (κ2) is 9.90. The van der Waals surface area contributed by atoms with Gasteiger partial charge in [-0.15, -0.1) is 0 Å². The molecule has 0 amide bonds. The van der Waals surface area contributed by atoms with Gasteiger partial charge in [0.25, 0.3) is 0 Å². The Balaban J connectivity index is 1.48. The highest BCUT2D eigenvalue weighted by Crippen LogP contribution is 2.22. The minimum absolute atomic E-state index is 0.277. The summed E-state index contributed by atoms with van der Waals surface area (Å²) >= 11 is 6.05. The van der Waals surface area contributed by atoms with Crippen molar-refractivity contribution in [3.05, 3.63) is 88.8 Å². The van der Waals surface area contributed by atoms with Crippen LogP contribution in [0.1, 0.15) is 11.1 Å². The lowest BCUT2D eigenvalue weighted by atomic mass is 10.2. The third-order valence-electron chi connectivity index (χ3n) is 3.85. The Hall–Kier alpha value is -2.63. The van der Waals surface area contributed by atoms with Gasteiger partial charge in [0.2, 0.25) is 5.88 Å². The van der Waals surface area contributed by atoms with E-state index in [-0.39, 0.29) is 12.4 Å². The average molecular weight is 387 g/mol. The number of halogens is 2. The molecule has 2 aromatic carbocycles. The number of ether oxygens (including phenoxy) is 2. The molecule has 0 bridgehead atoms. The van der Waals surface area contributed by atoms with Crippen molar-refractivity contribution in [3.63, 3.8) is 0 Å². The molecule has 4 nitrogen and oxygen atoms in total. The Labute approximate surface area is 162 Å². The van der Waals surface area contributed by atoms with Gasteiger partial charge in [-0.2, -0.15) is 0 Å². The number of hydrogen-bond acceptors (Lipinski definition) is 4. The van der Waals surface area contributed by atoms with E-state index in [0.717, 1.165) is 16.9 Å². The maximum Gasteiger partial charge on any atom is 0.213 e. The molecule has 1 heterocycles. The smallest absolute Gasteiger partial charge is 0.213 e. The standard InChI is InChI=1S/C21H20ClFN2O2/c22-19-13-18(23)9-8-17(19)15-27-20-6-2-1-5-16(20)14-24-11-12-26-21-7-3-4-10-25-21/h1-10,13,24H,11-12,14-15H2. The molecule has 0 aliphatic carbocycles. The largest absolute Gasteiger partial charge is 0.489 e. The van der Waals surface area contributed by atoms with Gasteiger partial charge >= 0.3 is 0 Å². The minimum atomic E-state index is -0.360. The zero-order valence-corrected chi connectivity index (χ0v) is 15.5. The Morgan fingerprint density at radius 3 is 2.63 bits per heavy atom. The SMILES string of the molecule is Fc1ccc(COc2ccccc2CNCCOc2ccccn2)c(Cl)c1. The van der Waals surface area contributed by atoms with E-state index in [1.807, 2.05) is 42.5 Å². The predicted octanol–water partition coefficient (Wildman–Crippen LogP) is 4.62. The Bertz CT molecular complexity index is 862. The van der Waals surface area contributed by atoms with Gasteiger partial charge in [0.05, 0.1) is 5.02 Å². The third-order valence-corrected chi connectivity index (χ3v) is 4.20. The van der Waals surface area contributed by atoms with Crippen LogP contribution in [0, 0.1) is 5.82 Å². The molecule has 0 saturated carbocycles.